The maximum absolute atomic E-state index is 13.1. The van der Waals surface area contributed by atoms with Gasteiger partial charge in [0.2, 0.25) is 0 Å². The highest BCUT2D eigenvalue weighted by atomic mass is 16.4. The normalized spacial score (nSPS) is 10.9. The van der Waals surface area contributed by atoms with Gasteiger partial charge in [0, 0.05) is 32.7 Å². The molecule has 0 aromatic carbocycles. The van der Waals surface area contributed by atoms with Gasteiger partial charge in [0.15, 0.2) is 0 Å². The van der Waals surface area contributed by atoms with Gasteiger partial charge in [0.05, 0.1) is 6.54 Å². The van der Waals surface area contributed by atoms with Crippen molar-refractivity contribution in [1.82, 2.24) is 29.7 Å². The van der Waals surface area contributed by atoms with Crippen molar-refractivity contribution in [2.45, 2.75) is 90.3 Å². The molecular weight excluding hydrogens is 516 g/mol. The zero-order chi connectivity index (χ0) is 29.0. The highest BCUT2D eigenvalue weighted by Crippen LogP contribution is 2.02. The van der Waals surface area contributed by atoms with Crippen LogP contribution in [0.25, 0.3) is 0 Å². The summed E-state index contributed by atoms with van der Waals surface area (Å²) in [6.07, 6.45) is 4.77. The lowest BCUT2D eigenvalue weighted by molar-refractivity contribution is -0.135. The number of aromatic nitrogens is 3. The second-order valence-corrected chi connectivity index (χ2v) is 9.23. The maximum Gasteiger partial charge on any atom is 0.404 e. The van der Waals surface area contributed by atoms with Crippen molar-refractivity contribution in [2.24, 2.45) is 0 Å². The van der Waals surface area contributed by atoms with Crippen molar-refractivity contribution in [1.29, 1.82) is 0 Å². The molecular formula is C24H42N6O9. The summed E-state index contributed by atoms with van der Waals surface area (Å²) in [6.45, 7) is 1.43. The second kappa shape index (κ2) is 19.4. The number of aliphatic carboxylic acids is 1. The molecule has 39 heavy (non-hydrogen) atoms. The summed E-state index contributed by atoms with van der Waals surface area (Å²) < 4.78 is 3.25. The number of unbranched alkanes of at least 4 members (excludes halogenated alkanes) is 8. The van der Waals surface area contributed by atoms with Crippen LogP contribution in [0.2, 0.25) is 0 Å². The highest BCUT2D eigenvalue weighted by Gasteiger charge is 2.15. The zero-order valence-electron chi connectivity index (χ0n) is 22.4. The molecule has 15 nitrogen and oxygen atoms in total. The zero-order valence-corrected chi connectivity index (χ0v) is 22.4. The van der Waals surface area contributed by atoms with Crippen molar-refractivity contribution in [2.75, 3.05) is 26.2 Å². The first-order valence-corrected chi connectivity index (χ1v) is 13.5. The Bertz CT molecular complexity index is 916. The number of carbonyl (C=O) groups is 3. The number of amides is 2. The van der Waals surface area contributed by atoms with Gasteiger partial charge in [0.25, 0.3) is 0 Å². The van der Waals surface area contributed by atoms with E-state index in [0.717, 1.165) is 26.5 Å². The Morgan fingerprint density at radius 2 is 0.846 bits per heavy atom. The highest BCUT2D eigenvalue weighted by molar-refractivity contribution is 5.69. The van der Waals surface area contributed by atoms with Gasteiger partial charge in [-0.05, 0) is 45.1 Å². The van der Waals surface area contributed by atoms with Crippen LogP contribution in [0.5, 0.6) is 0 Å². The maximum atomic E-state index is 13.1. The Morgan fingerprint density at radius 1 is 0.513 bits per heavy atom. The van der Waals surface area contributed by atoms with Gasteiger partial charge in [-0.3, -0.25) is 4.79 Å². The van der Waals surface area contributed by atoms with Gasteiger partial charge < -0.3 is 31.3 Å². The summed E-state index contributed by atoms with van der Waals surface area (Å²) in [5.74, 6) is -0.946. The molecule has 1 rings (SSSR count). The van der Waals surface area contributed by atoms with Crippen LogP contribution in [0.15, 0.2) is 14.4 Å². The van der Waals surface area contributed by atoms with E-state index in [0.29, 0.717) is 77.4 Å². The van der Waals surface area contributed by atoms with Crippen molar-refractivity contribution >= 4 is 18.2 Å². The molecule has 222 valence electrons. The third-order valence-electron chi connectivity index (χ3n) is 6.07. The van der Waals surface area contributed by atoms with Crippen LogP contribution in [0.4, 0.5) is 9.59 Å². The molecule has 0 saturated carbocycles. The minimum absolute atomic E-state index is 0.137. The molecule has 0 fully saturated rings. The molecule has 0 atom stereocenters. The van der Waals surface area contributed by atoms with Crippen LogP contribution in [-0.2, 0) is 24.4 Å². The molecule has 0 aliphatic carbocycles. The molecule has 0 saturated heterocycles. The quantitative estimate of drug-likeness (QED) is 0.109. The minimum atomic E-state index is -1.09. The minimum Gasteiger partial charge on any atom is -0.480 e. The first-order chi connectivity index (χ1) is 18.6. The average Bonchev–Trinajstić information content (AvgIpc) is 2.86. The number of hydrogen-bond acceptors (Lipinski definition) is 7. The fourth-order valence-electron chi connectivity index (χ4n) is 4.04. The Hall–Kier alpha value is -3.62. The van der Waals surface area contributed by atoms with Crippen LogP contribution in [0, 0.1) is 0 Å². The van der Waals surface area contributed by atoms with Gasteiger partial charge in [0.1, 0.15) is 0 Å². The molecule has 0 aliphatic heterocycles. The van der Waals surface area contributed by atoms with Gasteiger partial charge in [-0.1, -0.05) is 32.1 Å². The number of nitrogens with one attached hydrogen (secondary N) is 3. The van der Waals surface area contributed by atoms with E-state index < -0.39 is 35.2 Å². The Kier molecular flexibility index (Phi) is 16.7. The molecule has 0 aliphatic rings. The molecule has 2 amide bonds. The molecule has 1 aromatic rings. The molecule has 0 spiro atoms. The summed E-state index contributed by atoms with van der Waals surface area (Å²) in [6, 6.07) is 0. The standard InChI is InChI=1S/C24H42N6O9/c31-19(32)18-25-12-6-5-11-17-30-23(38)28(15-9-3-1-7-13-26-20(33)34)22(37)29(24(30)39)16-10-4-2-8-14-27-21(35)36/h25-27H,1-18H2,(H,31,32)(H,33,34)(H,35,36). The van der Waals surface area contributed by atoms with Gasteiger partial charge in [-0.2, -0.15) is 0 Å². The Balaban J connectivity index is 2.81. The number of carboxylic acid groups (broad SMARTS) is 3. The van der Waals surface area contributed by atoms with Gasteiger partial charge in [-0.15, -0.1) is 0 Å². The SMILES string of the molecule is O=C(O)CNCCCCCn1c(=O)n(CCCCCCNC(=O)O)c(=O)n(CCCCCCNC(=O)O)c1=O. The summed E-state index contributed by atoms with van der Waals surface area (Å²) >= 11 is 0. The third-order valence-corrected chi connectivity index (χ3v) is 6.07. The van der Waals surface area contributed by atoms with E-state index in [-0.39, 0.29) is 26.2 Å². The van der Waals surface area contributed by atoms with Crippen molar-refractivity contribution < 1.29 is 29.7 Å². The van der Waals surface area contributed by atoms with E-state index in [1.807, 2.05) is 0 Å². The van der Waals surface area contributed by atoms with Crippen molar-refractivity contribution in [3.8, 4) is 0 Å². The molecule has 0 unspecified atom stereocenters. The largest absolute Gasteiger partial charge is 0.480 e. The van der Waals surface area contributed by atoms with E-state index in [1.165, 1.54) is 0 Å². The third kappa shape index (κ3) is 14.2. The number of nitrogens with zero attached hydrogens (tertiary/aromatic N) is 3. The lowest BCUT2D eigenvalue weighted by atomic mass is 10.2. The van der Waals surface area contributed by atoms with Crippen molar-refractivity contribution in [3.05, 3.63) is 31.5 Å². The van der Waals surface area contributed by atoms with Gasteiger partial charge >= 0.3 is 35.2 Å². The Labute approximate surface area is 225 Å². The molecule has 0 radical (unpaired) electrons. The second-order valence-electron chi connectivity index (χ2n) is 9.23. The predicted molar refractivity (Wildman–Crippen MR) is 143 cm³/mol. The summed E-state index contributed by atoms with van der Waals surface area (Å²) in [5.41, 5.74) is -1.96. The topological polar surface area (TPSA) is 214 Å². The molecule has 15 heteroatoms. The smallest absolute Gasteiger partial charge is 0.404 e. The van der Waals surface area contributed by atoms with Crippen LogP contribution in [0.3, 0.4) is 0 Å². The van der Waals surface area contributed by atoms with Crippen LogP contribution >= 0.6 is 0 Å². The van der Waals surface area contributed by atoms with E-state index >= 15 is 0 Å². The Morgan fingerprint density at radius 3 is 1.21 bits per heavy atom. The lowest BCUT2D eigenvalue weighted by Crippen LogP contribution is -2.54. The van der Waals surface area contributed by atoms with Crippen LogP contribution < -0.4 is 33.0 Å². The monoisotopic (exact) mass is 558 g/mol. The van der Waals surface area contributed by atoms with Crippen LogP contribution in [-0.4, -0.2) is 73.4 Å². The van der Waals surface area contributed by atoms with E-state index in [4.69, 9.17) is 15.3 Å². The first-order valence-electron chi connectivity index (χ1n) is 13.5. The van der Waals surface area contributed by atoms with E-state index in [9.17, 15) is 28.8 Å². The van der Waals surface area contributed by atoms with Crippen LogP contribution in [0.1, 0.15) is 70.6 Å². The number of rotatable bonds is 22. The number of carboxylic acids is 1. The molecule has 1 aromatic heterocycles. The predicted octanol–water partition coefficient (Wildman–Crippen LogP) is 0.672. The van der Waals surface area contributed by atoms with Gasteiger partial charge in [-0.25, -0.2) is 37.7 Å². The summed E-state index contributed by atoms with van der Waals surface area (Å²) in [4.78, 5) is 70.7. The van der Waals surface area contributed by atoms with Crippen molar-refractivity contribution in [3.63, 3.8) is 0 Å². The fourth-order valence-corrected chi connectivity index (χ4v) is 4.04. The fraction of sp³-hybridized carbons (Fsp3) is 0.750. The summed E-state index contributed by atoms with van der Waals surface area (Å²) in [7, 11) is 0. The average molecular weight is 559 g/mol. The first kappa shape index (κ1) is 33.4. The van der Waals surface area contributed by atoms with E-state index in [1.54, 1.807) is 0 Å². The summed E-state index contributed by atoms with van der Waals surface area (Å²) in [5, 5.41) is 33.2. The number of hydrogen-bond donors (Lipinski definition) is 6. The lowest BCUT2D eigenvalue weighted by Gasteiger charge is -2.14. The molecule has 1 heterocycles. The molecule has 6 N–H and O–H groups in total. The molecule has 0 bridgehead atoms. The van der Waals surface area contributed by atoms with E-state index in [2.05, 4.69) is 16.0 Å².